The molecule has 5 rings (SSSR count). The average molecular weight is 472 g/mol. The van der Waals surface area contributed by atoms with E-state index in [9.17, 15) is 4.79 Å². The van der Waals surface area contributed by atoms with Crippen molar-refractivity contribution in [3.05, 3.63) is 83.4 Å². The number of carbonyl (C=O) groups is 1. The summed E-state index contributed by atoms with van der Waals surface area (Å²) >= 11 is 0. The van der Waals surface area contributed by atoms with E-state index >= 15 is 0 Å². The Kier molecular flexibility index (Phi) is 6.45. The highest BCUT2D eigenvalue weighted by atomic mass is 16.5. The van der Waals surface area contributed by atoms with Crippen molar-refractivity contribution in [3.63, 3.8) is 0 Å². The van der Waals surface area contributed by atoms with Gasteiger partial charge in [-0.15, -0.1) is 0 Å². The number of hydrogen-bond donors (Lipinski definition) is 0. The number of esters is 1. The summed E-state index contributed by atoms with van der Waals surface area (Å²) in [5.41, 5.74) is 4.11. The maximum absolute atomic E-state index is 11.6. The summed E-state index contributed by atoms with van der Waals surface area (Å²) in [4.78, 5) is 16.8. The maximum atomic E-state index is 11.6. The minimum Gasteiger partial charge on any atom is -0.493 e. The van der Waals surface area contributed by atoms with Crippen LogP contribution < -0.4 is 14.2 Å². The lowest BCUT2D eigenvalue weighted by atomic mass is 9.74. The Bertz CT molecular complexity index is 1240. The molecule has 1 aliphatic heterocycles. The first-order chi connectivity index (χ1) is 17.1. The van der Waals surface area contributed by atoms with Gasteiger partial charge in [-0.1, -0.05) is 18.2 Å². The van der Waals surface area contributed by atoms with Crippen molar-refractivity contribution >= 4 is 11.7 Å². The molecule has 1 fully saturated rings. The average Bonchev–Trinajstić information content (AvgIpc) is 2.88. The molecule has 1 heterocycles. The van der Waals surface area contributed by atoms with Crippen LogP contribution >= 0.6 is 0 Å². The molecule has 0 amide bonds. The molecular weight excluding hydrogens is 442 g/mol. The van der Waals surface area contributed by atoms with Crippen molar-refractivity contribution in [2.24, 2.45) is 4.99 Å². The summed E-state index contributed by atoms with van der Waals surface area (Å²) < 4.78 is 22.8. The van der Waals surface area contributed by atoms with Crippen LogP contribution in [-0.4, -0.2) is 38.0 Å². The Hall–Kier alpha value is -3.80. The number of nitrogens with zero attached hydrogens (tertiary/aromatic N) is 1. The highest BCUT2D eigenvalue weighted by Gasteiger charge is 2.38. The molecule has 0 aromatic heterocycles. The van der Waals surface area contributed by atoms with Crippen molar-refractivity contribution in [2.75, 3.05) is 14.2 Å². The van der Waals surface area contributed by atoms with Crippen LogP contribution in [0.25, 0.3) is 0 Å². The summed E-state index contributed by atoms with van der Waals surface area (Å²) in [7, 11) is 3.29. The van der Waals surface area contributed by atoms with Crippen LogP contribution in [0.3, 0.4) is 0 Å². The van der Waals surface area contributed by atoms with Crippen molar-refractivity contribution < 1.29 is 23.7 Å². The van der Waals surface area contributed by atoms with Gasteiger partial charge in [0.15, 0.2) is 11.5 Å². The van der Waals surface area contributed by atoms with E-state index in [4.69, 9.17) is 23.9 Å². The molecule has 1 aliphatic carbocycles. The first-order valence-electron chi connectivity index (χ1n) is 11.9. The third-order valence-electron chi connectivity index (χ3n) is 6.71. The Morgan fingerprint density at radius 2 is 1.57 bits per heavy atom. The van der Waals surface area contributed by atoms with Crippen molar-refractivity contribution in [1.29, 1.82) is 0 Å². The number of benzene rings is 3. The number of carbonyl (C=O) groups excluding carboxylic acids is 1. The smallest absolute Gasteiger partial charge is 0.302 e. The van der Waals surface area contributed by atoms with Gasteiger partial charge in [0.25, 0.3) is 0 Å². The molecule has 0 spiro atoms. The first-order valence-corrected chi connectivity index (χ1v) is 11.9. The third-order valence-corrected chi connectivity index (χ3v) is 6.71. The number of ether oxygens (including phenoxy) is 4. The molecule has 0 saturated heterocycles. The van der Waals surface area contributed by atoms with Crippen molar-refractivity contribution in [2.45, 2.75) is 44.2 Å². The Balaban J connectivity index is 1.51. The SMILES string of the molecule is COc1cc2c(cc1OC)C1CC(OC(C)=O)CCC1N=C2c1ccc(Oc2ccccc2)cc1. The normalized spacial score (nSPS) is 20.7. The number of hydrogen-bond acceptors (Lipinski definition) is 6. The Morgan fingerprint density at radius 3 is 2.26 bits per heavy atom. The molecular formula is C29H29NO5. The van der Waals surface area contributed by atoms with Gasteiger partial charge in [-0.3, -0.25) is 9.79 Å². The lowest BCUT2D eigenvalue weighted by Gasteiger charge is -2.38. The van der Waals surface area contributed by atoms with E-state index in [1.807, 2.05) is 60.7 Å². The predicted octanol–water partition coefficient (Wildman–Crippen LogP) is 5.91. The van der Waals surface area contributed by atoms with Crippen molar-refractivity contribution in [1.82, 2.24) is 0 Å². The topological polar surface area (TPSA) is 66.4 Å². The van der Waals surface area contributed by atoms with Gasteiger partial charge in [0.1, 0.15) is 17.6 Å². The second kappa shape index (κ2) is 9.82. The molecule has 0 N–H and O–H groups in total. The van der Waals surface area contributed by atoms with Gasteiger partial charge < -0.3 is 18.9 Å². The molecule has 3 unspecified atom stereocenters. The van der Waals surface area contributed by atoms with Crippen LogP contribution in [0.15, 0.2) is 71.7 Å². The summed E-state index contributed by atoms with van der Waals surface area (Å²) in [6.45, 7) is 1.47. The standard InChI is InChI=1S/C29H29NO5/c1-18(31)34-22-13-14-26-24(15-22)23-16-27(32-2)28(33-3)17-25(23)29(30-26)19-9-11-21(12-10-19)35-20-7-5-4-6-8-20/h4-12,16-17,22,24,26H,13-15H2,1-3H3. The van der Waals surface area contributed by atoms with E-state index in [-0.39, 0.29) is 24.0 Å². The van der Waals surface area contributed by atoms with E-state index in [0.717, 1.165) is 53.2 Å². The van der Waals surface area contributed by atoms with Gasteiger partial charge in [0, 0.05) is 24.0 Å². The third kappa shape index (κ3) is 4.74. The fraction of sp³-hybridized carbons (Fsp3) is 0.310. The molecule has 3 atom stereocenters. The van der Waals surface area contributed by atoms with Gasteiger partial charge >= 0.3 is 5.97 Å². The Labute approximate surface area is 205 Å². The van der Waals surface area contributed by atoms with Gasteiger partial charge in [-0.2, -0.15) is 0 Å². The van der Waals surface area contributed by atoms with Crippen LogP contribution in [0.4, 0.5) is 0 Å². The van der Waals surface area contributed by atoms with Crippen LogP contribution in [0, 0.1) is 0 Å². The second-order valence-electron chi connectivity index (χ2n) is 8.93. The van der Waals surface area contributed by atoms with E-state index in [2.05, 4.69) is 6.07 Å². The van der Waals surface area contributed by atoms with Crippen LogP contribution in [0.2, 0.25) is 0 Å². The fourth-order valence-corrected chi connectivity index (χ4v) is 5.12. The minimum absolute atomic E-state index is 0.0964. The number of methoxy groups -OCH3 is 2. The lowest BCUT2D eigenvalue weighted by Crippen LogP contribution is -2.36. The van der Waals surface area contributed by atoms with Gasteiger partial charge in [-0.25, -0.2) is 0 Å². The molecule has 3 aromatic rings. The number of aliphatic imine (C=N–C) groups is 1. The van der Waals surface area contributed by atoms with Crippen LogP contribution in [0.5, 0.6) is 23.0 Å². The fourth-order valence-electron chi connectivity index (χ4n) is 5.12. The second-order valence-corrected chi connectivity index (χ2v) is 8.93. The molecule has 6 nitrogen and oxygen atoms in total. The lowest BCUT2D eigenvalue weighted by molar-refractivity contribution is -0.148. The molecule has 0 bridgehead atoms. The predicted molar refractivity (Wildman–Crippen MR) is 134 cm³/mol. The summed E-state index contributed by atoms with van der Waals surface area (Å²) in [6.07, 6.45) is 2.31. The van der Waals surface area contributed by atoms with Gasteiger partial charge in [0.05, 0.1) is 26.0 Å². The zero-order valence-corrected chi connectivity index (χ0v) is 20.2. The van der Waals surface area contributed by atoms with E-state index in [1.54, 1.807) is 14.2 Å². The summed E-state index contributed by atoms with van der Waals surface area (Å²) in [6, 6.07) is 21.9. The van der Waals surface area contributed by atoms with E-state index < -0.39 is 0 Å². The molecule has 0 radical (unpaired) electrons. The zero-order chi connectivity index (χ0) is 24.4. The van der Waals surface area contributed by atoms with E-state index in [0.29, 0.717) is 11.5 Å². The van der Waals surface area contributed by atoms with Gasteiger partial charge in [-0.05, 0) is 73.4 Å². The molecule has 35 heavy (non-hydrogen) atoms. The van der Waals surface area contributed by atoms with Crippen LogP contribution in [-0.2, 0) is 9.53 Å². The highest BCUT2D eigenvalue weighted by molar-refractivity contribution is 6.15. The molecule has 3 aromatic carbocycles. The minimum atomic E-state index is -0.237. The number of fused-ring (bicyclic) bond motifs is 3. The zero-order valence-electron chi connectivity index (χ0n) is 20.2. The molecule has 6 heteroatoms. The monoisotopic (exact) mass is 471 g/mol. The molecule has 180 valence electrons. The summed E-state index contributed by atoms with van der Waals surface area (Å²) in [5, 5.41) is 0. The number of rotatable bonds is 6. The van der Waals surface area contributed by atoms with Crippen LogP contribution in [0.1, 0.15) is 48.8 Å². The largest absolute Gasteiger partial charge is 0.493 e. The highest BCUT2D eigenvalue weighted by Crippen LogP contribution is 2.45. The number of para-hydroxylation sites is 1. The van der Waals surface area contributed by atoms with Gasteiger partial charge in [0.2, 0.25) is 0 Å². The quantitative estimate of drug-likeness (QED) is 0.418. The molecule has 1 saturated carbocycles. The summed E-state index contributed by atoms with van der Waals surface area (Å²) in [5.74, 6) is 2.82. The first kappa shape index (κ1) is 23.0. The van der Waals surface area contributed by atoms with Crippen molar-refractivity contribution in [3.8, 4) is 23.0 Å². The van der Waals surface area contributed by atoms with E-state index in [1.165, 1.54) is 6.92 Å². The Morgan fingerprint density at radius 1 is 0.886 bits per heavy atom. The molecule has 2 aliphatic rings. The maximum Gasteiger partial charge on any atom is 0.302 e.